The molecule has 2 rings (SSSR count). The second kappa shape index (κ2) is 4.55. The molecule has 0 amide bonds. The van der Waals surface area contributed by atoms with Gasteiger partial charge in [-0.05, 0) is 42.9 Å². The fourth-order valence-electron chi connectivity index (χ4n) is 1.75. The van der Waals surface area contributed by atoms with Crippen molar-refractivity contribution in [3.05, 3.63) is 46.1 Å². The van der Waals surface area contributed by atoms with Crippen molar-refractivity contribution >= 4 is 33.3 Å². The Labute approximate surface area is 109 Å². The summed E-state index contributed by atoms with van der Waals surface area (Å²) in [5, 5.41) is 3.92. The van der Waals surface area contributed by atoms with E-state index in [0.29, 0.717) is 0 Å². The third-order valence-corrected chi connectivity index (χ3v) is 3.58. The minimum absolute atomic E-state index is 0.224. The van der Waals surface area contributed by atoms with Crippen LogP contribution >= 0.6 is 28.1 Å². The molecule has 0 bridgehead atoms. The SMILES string of the molecule is CC1=CC(c2ccc(Br)cc2)N(C)C(=S)N1. The van der Waals surface area contributed by atoms with Gasteiger partial charge in [0.05, 0.1) is 6.04 Å². The Morgan fingerprint density at radius 1 is 1.31 bits per heavy atom. The van der Waals surface area contributed by atoms with E-state index in [0.717, 1.165) is 15.3 Å². The molecule has 0 saturated carbocycles. The quantitative estimate of drug-likeness (QED) is 0.801. The Morgan fingerprint density at radius 3 is 2.56 bits per heavy atom. The summed E-state index contributed by atoms with van der Waals surface area (Å²) < 4.78 is 1.09. The van der Waals surface area contributed by atoms with Gasteiger partial charge in [-0.15, -0.1) is 0 Å². The highest BCUT2D eigenvalue weighted by Crippen LogP contribution is 2.26. The molecule has 16 heavy (non-hydrogen) atoms. The first-order chi connectivity index (χ1) is 7.58. The van der Waals surface area contributed by atoms with Crippen molar-refractivity contribution in [2.75, 3.05) is 7.05 Å². The molecule has 2 nitrogen and oxygen atoms in total. The number of thiocarbonyl (C=S) groups is 1. The lowest BCUT2D eigenvalue weighted by molar-refractivity contribution is 0.419. The number of hydrogen-bond donors (Lipinski definition) is 1. The summed E-state index contributed by atoms with van der Waals surface area (Å²) in [6.45, 7) is 2.03. The number of likely N-dealkylation sites (N-methyl/N-ethyl adjacent to an activating group) is 1. The molecular weight excluding hydrogens is 284 g/mol. The first kappa shape index (κ1) is 11.6. The maximum absolute atomic E-state index is 5.27. The zero-order chi connectivity index (χ0) is 11.7. The minimum atomic E-state index is 0.224. The Bertz CT molecular complexity index is 439. The second-order valence-corrected chi connectivity index (χ2v) is 5.19. The van der Waals surface area contributed by atoms with E-state index in [4.69, 9.17) is 12.2 Å². The van der Waals surface area contributed by atoms with Gasteiger partial charge in [0.25, 0.3) is 0 Å². The largest absolute Gasteiger partial charge is 0.341 e. The average molecular weight is 297 g/mol. The molecule has 1 aromatic rings. The molecule has 1 aliphatic rings. The van der Waals surface area contributed by atoms with Crippen LogP contribution in [0.2, 0.25) is 0 Å². The Hall–Kier alpha value is -0.870. The summed E-state index contributed by atoms with van der Waals surface area (Å²) in [6.07, 6.45) is 2.18. The number of halogens is 1. The highest BCUT2D eigenvalue weighted by atomic mass is 79.9. The second-order valence-electron chi connectivity index (χ2n) is 3.89. The van der Waals surface area contributed by atoms with Gasteiger partial charge in [0.1, 0.15) is 0 Å². The van der Waals surface area contributed by atoms with Gasteiger partial charge in [-0.3, -0.25) is 0 Å². The van der Waals surface area contributed by atoms with E-state index >= 15 is 0 Å². The van der Waals surface area contributed by atoms with Gasteiger partial charge in [0.2, 0.25) is 0 Å². The molecule has 0 aromatic heterocycles. The fraction of sp³-hybridized carbons (Fsp3) is 0.250. The van der Waals surface area contributed by atoms with E-state index in [9.17, 15) is 0 Å². The van der Waals surface area contributed by atoms with Crippen LogP contribution in [0.1, 0.15) is 18.5 Å². The molecule has 1 unspecified atom stereocenters. The first-order valence-electron chi connectivity index (χ1n) is 5.05. The van der Waals surface area contributed by atoms with Crippen molar-refractivity contribution in [3.63, 3.8) is 0 Å². The van der Waals surface area contributed by atoms with Crippen LogP contribution in [0.25, 0.3) is 0 Å². The highest BCUT2D eigenvalue weighted by Gasteiger charge is 2.21. The molecule has 1 atom stereocenters. The molecular formula is C12H13BrN2S. The third kappa shape index (κ3) is 2.28. The zero-order valence-electron chi connectivity index (χ0n) is 9.20. The molecule has 4 heteroatoms. The number of allylic oxidation sites excluding steroid dienone is 1. The van der Waals surface area contributed by atoms with E-state index in [1.165, 1.54) is 5.56 Å². The van der Waals surface area contributed by atoms with Crippen molar-refractivity contribution in [1.82, 2.24) is 10.2 Å². The normalized spacial score (nSPS) is 20.4. The molecule has 0 fully saturated rings. The summed E-state index contributed by atoms with van der Waals surface area (Å²) in [6, 6.07) is 8.56. The summed E-state index contributed by atoms with van der Waals surface area (Å²) in [5.74, 6) is 0. The fourth-order valence-corrected chi connectivity index (χ4v) is 2.29. The van der Waals surface area contributed by atoms with Crippen LogP contribution in [0.15, 0.2) is 40.5 Å². The number of nitrogens with zero attached hydrogens (tertiary/aromatic N) is 1. The number of nitrogens with one attached hydrogen (secondary N) is 1. The molecule has 0 spiro atoms. The number of hydrogen-bond acceptors (Lipinski definition) is 1. The molecule has 0 saturated heterocycles. The molecule has 1 aromatic carbocycles. The zero-order valence-corrected chi connectivity index (χ0v) is 11.6. The van der Waals surface area contributed by atoms with Gasteiger partial charge in [0.15, 0.2) is 5.11 Å². The van der Waals surface area contributed by atoms with E-state index in [1.807, 2.05) is 14.0 Å². The van der Waals surface area contributed by atoms with Crippen LogP contribution in [0.4, 0.5) is 0 Å². The van der Waals surface area contributed by atoms with E-state index < -0.39 is 0 Å². The lowest BCUT2D eigenvalue weighted by atomic mass is 10.0. The Balaban J connectivity index is 2.35. The van der Waals surface area contributed by atoms with Crippen LogP contribution in [0, 0.1) is 0 Å². The third-order valence-electron chi connectivity index (χ3n) is 2.66. The van der Waals surface area contributed by atoms with Gasteiger partial charge in [0, 0.05) is 17.2 Å². The molecule has 1 N–H and O–H groups in total. The van der Waals surface area contributed by atoms with E-state index in [2.05, 4.69) is 56.5 Å². The summed E-state index contributed by atoms with van der Waals surface area (Å²) >= 11 is 8.71. The van der Waals surface area contributed by atoms with Gasteiger partial charge >= 0.3 is 0 Å². The molecule has 1 aliphatic heterocycles. The lowest BCUT2D eigenvalue weighted by Crippen LogP contribution is -2.42. The Kier molecular flexibility index (Phi) is 3.30. The van der Waals surface area contributed by atoms with Crippen LogP contribution in [-0.2, 0) is 0 Å². The maximum atomic E-state index is 5.27. The van der Waals surface area contributed by atoms with Crippen molar-refractivity contribution in [3.8, 4) is 0 Å². The highest BCUT2D eigenvalue weighted by molar-refractivity contribution is 9.10. The van der Waals surface area contributed by atoms with Gasteiger partial charge in [-0.25, -0.2) is 0 Å². The van der Waals surface area contributed by atoms with Crippen molar-refractivity contribution in [1.29, 1.82) is 0 Å². The molecule has 1 heterocycles. The van der Waals surface area contributed by atoms with E-state index in [-0.39, 0.29) is 6.04 Å². The van der Waals surface area contributed by atoms with Crippen LogP contribution in [-0.4, -0.2) is 17.1 Å². The summed E-state index contributed by atoms with van der Waals surface area (Å²) in [5.41, 5.74) is 2.35. The topological polar surface area (TPSA) is 15.3 Å². The van der Waals surface area contributed by atoms with Crippen LogP contribution < -0.4 is 5.32 Å². The van der Waals surface area contributed by atoms with Crippen molar-refractivity contribution < 1.29 is 0 Å². The van der Waals surface area contributed by atoms with Gasteiger partial charge in [-0.2, -0.15) is 0 Å². The number of benzene rings is 1. The minimum Gasteiger partial charge on any atom is -0.341 e. The van der Waals surface area contributed by atoms with Crippen molar-refractivity contribution in [2.45, 2.75) is 13.0 Å². The molecule has 84 valence electrons. The van der Waals surface area contributed by atoms with E-state index in [1.54, 1.807) is 0 Å². The number of rotatable bonds is 1. The smallest absolute Gasteiger partial charge is 0.173 e. The van der Waals surface area contributed by atoms with Gasteiger partial charge in [-0.1, -0.05) is 28.1 Å². The first-order valence-corrected chi connectivity index (χ1v) is 6.26. The monoisotopic (exact) mass is 296 g/mol. The lowest BCUT2D eigenvalue weighted by Gasteiger charge is -2.33. The summed E-state index contributed by atoms with van der Waals surface area (Å²) in [4.78, 5) is 2.06. The molecule has 0 aliphatic carbocycles. The van der Waals surface area contributed by atoms with Crippen LogP contribution in [0.3, 0.4) is 0 Å². The Morgan fingerprint density at radius 2 is 1.94 bits per heavy atom. The summed E-state index contributed by atoms with van der Waals surface area (Å²) in [7, 11) is 2.00. The maximum Gasteiger partial charge on any atom is 0.173 e. The molecule has 0 radical (unpaired) electrons. The predicted octanol–water partition coefficient (Wildman–Crippen LogP) is 3.21. The predicted molar refractivity (Wildman–Crippen MR) is 74.1 cm³/mol. The van der Waals surface area contributed by atoms with Crippen molar-refractivity contribution in [2.24, 2.45) is 0 Å². The standard InChI is InChI=1S/C12H13BrN2S/c1-8-7-11(15(2)12(16)14-8)9-3-5-10(13)6-4-9/h3-7,11H,1-2H3,(H,14,16). The van der Waals surface area contributed by atoms with Crippen LogP contribution in [0.5, 0.6) is 0 Å². The van der Waals surface area contributed by atoms with Gasteiger partial charge < -0.3 is 10.2 Å². The average Bonchev–Trinajstić information content (AvgIpc) is 2.25.